The smallest absolute Gasteiger partial charge is 0.264 e. The van der Waals surface area contributed by atoms with Crippen molar-refractivity contribution in [1.82, 2.24) is 15.1 Å². The number of carbonyl (C=O) groups is 2. The maximum atomic E-state index is 12.4. The minimum Gasteiger partial charge on any atom is -0.355 e. The number of benzene rings is 2. The maximum Gasteiger partial charge on any atom is 0.264 e. The van der Waals surface area contributed by atoms with Crippen molar-refractivity contribution < 1.29 is 9.59 Å². The molecule has 2 heterocycles. The monoisotopic (exact) mass is 433 g/mol. The van der Waals surface area contributed by atoms with Gasteiger partial charge in [0, 0.05) is 39.3 Å². The average molecular weight is 434 g/mol. The van der Waals surface area contributed by atoms with E-state index < -0.39 is 0 Å². The zero-order chi connectivity index (χ0) is 21.5. The van der Waals surface area contributed by atoms with Crippen LogP contribution in [-0.4, -0.2) is 60.9 Å². The Labute approximate surface area is 187 Å². The van der Waals surface area contributed by atoms with Crippen molar-refractivity contribution >= 4 is 23.2 Å². The molecule has 31 heavy (non-hydrogen) atoms. The van der Waals surface area contributed by atoms with Crippen LogP contribution in [0.25, 0.3) is 11.1 Å². The first-order valence-electron chi connectivity index (χ1n) is 10.7. The van der Waals surface area contributed by atoms with Gasteiger partial charge in [0.2, 0.25) is 5.91 Å². The predicted molar refractivity (Wildman–Crippen MR) is 125 cm³/mol. The summed E-state index contributed by atoms with van der Waals surface area (Å²) in [5, 5.41) is 4.96. The van der Waals surface area contributed by atoms with Crippen LogP contribution in [0.1, 0.15) is 15.2 Å². The van der Waals surface area contributed by atoms with Gasteiger partial charge >= 0.3 is 0 Å². The number of hydrogen-bond donors (Lipinski definition) is 1. The molecule has 3 aromatic rings. The summed E-state index contributed by atoms with van der Waals surface area (Å²) in [6.07, 6.45) is 0.387. The van der Waals surface area contributed by atoms with Gasteiger partial charge < -0.3 is 10.2 Å². The van der Waals surface area contributed by atoms with E-state index in [9.17, 15) is 9.59 Å². The summed E-state index contributed by atoms with van der Waals surface area (Å²) in [4.78, 5) is 29.7. The van der Waals surface area contributed by atoms with E-state index >= 15 is 0 Å². The molecule has 2 amide bonds. The van der Waals surface area contributed by atoms with Crippen molar-refractivity contribution in [2.75, 3.05) is 39.3 Å². The molecule has 160 valence electrons. The molecule has 1 saturated heterocycles. The third-order valence-electron chi connectivity index (χ3n) is 5.57. The van der Waals surface area contributed by atoms with Gasteiger partial charge in [-0.05, 0) is 28.1 Å². The zero-order valence-electron chi connectivity index (χ0n) is 17.5. The van der Waals surface area contributed by atoms with Crippen molar-refractivity contribution in [1.29, 1.82) is 0 Å². The SMILES string of the molecule is O=C(Cc1ccc(-c2ccccc2)cc1)NCCN1CCN(C(=O)c2cccs2)CC1. The van der Waals surface area contributed by atoms with Crippen molar-refractivity contribution in [3.63, 3.8) is 0 Å². The van der Waals surface area contributed by atoms with Crippen LogP contribution in [0.3, 0.4) is 0 Å². The van der Waals surface area contributed by atoms with Gasteiger partial charge in [-0.2, -0.15) is 0 Å². The number of nitrogens with one attached hydrogen (secondary N) is 1. The molecule has 1 aromatic heterocycles. The van der Waals surface area contributed by atoms with Gasteiger partial charge in [-0.25, -0.2) is 0 Å². The summed E-state index contributed by atoms with van der Waals surface area (Å²) >= 11 is 1.49. The van der Waals surface area contributed by atoms with E-state index in [1.54, 1.807) is 0 Å². The zero-order valence-corrected chi connectivity index (χ0v) is 18.3. The van der Waals surface area contributed by atoms with Gasteiger partial charge in [0.05, 0.1) is 11.3 Å². The summed E-state index contributed by atoms with van der Waals surface area (Å²) in [6.45, 7) is 4.58. The molecule has 2 aromatic carbocycles. The molecule has 0 bridgehead atoms. The topological polar surface area (TPSA) is 52.7 Å². The molecule has 5 nitrogen and oxygen atoms in total. The van der Waals surface area contributed by atoms with Crippen LogP contribution in [0, 0.1) is 0 Å². The summed E-state index contributed by atoms with van der Waals surface area (Å²) in [7, 11) is 0. The Morgan fingerprint density at radius 3 is 2.23 bits per heavy atom. The lowest BCUT2D eigenvalue weighted by molar-refractivity contribution is -0.120. The second-order valence-corrected chi connectivity index (χ2v) is 8.65. The minimum absolute atomic E-state index is 0.0407. The Balaban J connectivity index is 1.16. The number of piperazine rings is 1. The highest BCUT2D eigenvalue weighted by atomic mass is 32.1. The van der Waals surface area contributed by atoms with Crippen molar-refractivity contribution in [3.05, 3.63) is 82.6 Å². The second kappa shape index (κ2) is 10.4. The molecule has 4 rings (SSSR count). The normalized spacial score (nSPS) is 14.4. The molecule has 0 spiro atoms. The number of rotatable bonds is 7. The lowest BCUT2D eigenvalue weighted by atomic mass is 10.0. The van der Waals surface area contributed by atoms with E-state index in [1.807, 2.05) is 52.7 Å². The van der Waals surface area contributed by atoms with Gasteiger partial charge in [-0.15, -0.1) is 11.3 Å². The first-order chi connectivity index (χ1) is 15.2. The van der Waals surface area contributed by atoms with E-state index in [1.165, 1.54) is 16.9 Å². The first kappa shape index (κ1) is 21.3. The molecule has 0 unspecified atom stereocenters. The quantitative estimate of drug-likeness (QED) is 0.620. The third kappa shape index (κ3) is 5.81. The van der Waals surface area contributed by atoms with Crippen molar-refractivity contribution in [3.8, 4) is 11.1 Å². The molecule has 6 heteroatoms. The average Bonchev–Trinajstić information content (AvgIpc) is 3.35. The van der Waals surface area contributed by atoms with E-state index in [0.717, 1.165) is 48.7 Å². The summed E-state index contributed by atoms with van der Waals surface area (Å²) in [5.41, 5.74) is 3.34. The van der Waals surface area contributed by atoms with Gasteiger partial charge in [0.15, 0.2) is 0 Å². The van der Waals surface area contributed by atoms with Crippen LogP contribution in [0.5, 0.6) is 0 Å². The molecule has 1 aliphatic rings. The van der Waals surface area contributed by atoms with Gasteiger partial charge in [0.1, 0.15) is 0 Å². The molecule has 0 radical (unpaired) electrons. The van der Waals surface area contributed by atoms with E-state index in [4.69, 9.17) is 0 Å². The van der Waals surface area contributed by atoms with Crippen LogP contribution in [0.4, 0.5) is 0 Å². The fourth-order valence-electron chi connectivity index (χ4n) is 3.78. The fourth-order valence-corrected chi connectivity index (χ4v) is 4.47. The predicted octanol–water partition coefficient (Wildman–Crippen LogP) is 3.53. The van der Waals surface area contributed by atoms with Gasteiger partial charge in [-0.3, -0.25) is 14.5 Å². The van der Waals surface area contributed by atoms with Crippen LogP contribution < -0.4 is 5.32 Å². The van der Waals surface area contributed by atoms with E-state index in [-0.39, 0.29) is 11.8 Å². The molecule has 1 aliphatic heterocycles. The Kier molecular flexibility index (Phi) is 7.12. The number of nitrogens with zero attached hydrogens (tertiary/aromatic N) is 2. The highest BCUT2D eigenvalue weighted by molar-refractivity contribution is 7.12. The lowest BCUT2D eigenvalue weighted by Gasteiger charge is -2.34. The maximum absolute atomic E-state index is 12.4. The standard InChI is InChI=1S/C25H27N3O2S/c29-24(19-20-8-10-22(11-9-20)21-5-2-1-3-6-21)26-12-13-27-14-16-28(17-15-27)25(30)23-7-4-18-31-23/h1-11,18H,12-17,19H2,(H,26,29). The largest absolute Gasteiger partial charge is 0.355 e. The lowest BCUT2D eigenvalue weighted by Crippen LogP contribution is -2.50. The van der Waals surface area contributed by atoms with Gasteiger partial charge in [-0.1, -0.05) is 60.7 Å². The minimum atomic E-state index is 0.0407. The number of carbonyl (C=O) groups excluding carboxylic acids is 2. The third-order valence-corrected chi connectivity index (χ3v) is 6.43. The Hall–Kier alpha value is -2.96. The Bertz CT molecular complexity index is 979. The number of amides is 2. The molecular formula is C25H27N3O2S. The van der Waals surface area contributed by atoms with E-state index in [2.05, 4.69) is 34.5 Å². The summed E-state index contributed by atoms with van der Waals surface area (Å²) in [6, 6.07) is 22.2. The Morgan fingerprint density at radius 2 is 1.55 bits per heavy atom. The fraction of sp³-hybridized carbons (Fsp3) is 0.280. The molecule has 0 aliphatic carbocycles. The molecule has 0 saturated carbocycles. The highest BCUT2D eigenvalue weighted by Crippen LogP contribution is 2.19. The molecule has 1 N–H and O–H groups in total. The summed E-state index contributed by atoms with van der Waals surface area (Å²) < 4.78 is 0. The van der Waals surface area contributed by atoms with Crippen molar-refractivity contribution in [2.24, 2.45) is 0 Å². The first-order valence-corrected chi connectivity index (χ1v) is 11.5. The van der Waals surface area contributed by atoms with Crippen molar-refractivity contribution in [2.45, 2.75) is 6.42 Å². The number of hydrogen-bond acceptors (Lipinski definition) is 4. The highest BCUT2D eigenvalue weighted by Gasteiger charge is 2.22. The van der Waals surface area contributed by atoms with Crippen LogP contribution in [-0.2, 0) is 11.2 Å². The number of thiophene rings is 1. The molecular weight excluding hydrogens is 406 g/mol. The molecule has 1 fully saturated rings. The molecule has 0 atom stereocenters. The van der Waals surface area contributed by atoms with Gasteiger partial charge in [0.25, 0.3) is 5.91 Å². The van der Waals surface area contributed by atoms with Crippen LogP contribution >= 0.6 is 11.3 Å². The van der Waals surface area contributed by atoms with Crippen LogP contribution in [0.2, 0.25) is 0 Å². The van der Waals surface area contributed by atoms with Crippen LogP contribution in [0.15, 0.2) is 72.1 Å². The Morgan fingerprint density at radius 1 is 0.839 bits per heavy atom. The summed E-state index contributed by atoms with van der Waals surface area (Å²) in [5.74, 6) is 0.167. The second-order valence-electron chi connectivity index (χ2n) is 7.70. The van der Waals surface area contributed by atoms with E-state index in [0.29, 0.717) is 13.0 Å².